The van der Waals surface area contributed by atoms with Gasteiger partial charge in [0.25, 0.3) is 11.1 Å². The lowest BCUT2D eigenvalue weighted by atomic mass is 10.2. The van der Waals surface area contributed by atoms with E-state index in [0.717, 1.165) is 22.9 Å². The maximum absolute atomic E-state index is 12.7. The summed E-state index contributed by atoms with van der Waals surface area (Å²) < 4.78 is 11.4. The molecule has 1 aliphatic heterocycles. The highest BCUT2D eigenvalue weighted by Gasteiger charge is 2.34. The number of thioether (sulfide) groups is 1. The van der Waals surface area contributed by atoms with Gasteiger partial charge in [-0.25, -0.2) is 0 Å². The Hall–Kier alpha value is -2.93. The van der Waals surface area contributed by atoms with Gasteiger partial charge >= 0.3 is 0 Å². The van der Waals surface area contributed by atoms with Crippen LogP contribution in [0.4, 0.5) is 4.79 Å². The van der Waals surface area contributed by atoms with E-state index in [-0.39, 0.29) is 24.3 Å². The number of amides is 2. The van der Waals surface area contributed by atoms with Gasteiger partial charge in [0.1, 0.15) is 24.7 Å². The average Bonchev–Trinajstić information content (AvgIpc) is 3.08. The highest BCUT2D eigenvalue weighted by Crippen LogP contribution is 2.32. The van der Waals surface area contributed by atoms with Crippen LogP contribution < -0.4 is 9.47 Å². The average molecular weight is 500 g/mol. The van der Waals surface area contributed by atoms with Crippen molar-refractivity contribution < 1.29 is 19.1 Å². The van der Waals surface area contributed by atoms with E-state index in [1.165, 1.54) is 4.90 Å². The predicted molar refractivity (Wildman–Crippen MR) is 132 cm³/mol. The molecule has 0 aliphatic carbocycles. The first kappa shape index (κ1) is 23.2. The Morgan fingerprint density at radius 2 is 1.52 bits per heavy atom. The highest BCUT2D eigenvalue weighted by atomic mass is 35.5. The molecule has 3 aromatic carbocycles. The molecule has 0 atom stereocenters. The van der Waals surface area contributed by atoms with Gasteiger partial charge in [0, 0.05) is 15.6 Å². The second-order valence-corrected chi connectivity index (χ2v) is 8.92. The van der Waals surface area contributed by atoms with E-state index in [1.54, 1.807) is 30.3 Å². The first-order chi connectivity index (χ1) is 16.0. The maximum atomic E-state index is 12.7. The van der Waals surface area contributed by atoms with Gasteiger partial charge in [-0.05, 0) is 65.9 Å². The summed E-state index contributed by atoms with van der Waals surface area (Å²) in [5.74, 6) is 0.974. The second kappa shape index (κ2) is 10.8. The molecule has 168 valence electrons. The molecule has 0 unspecified atom stereocenters. The van der Waals surface area contributed by atoms with E-state index in [4.69, 9.17) is 32.7 Å². The van der Waals surface area contributed by atoms with Crippen molar-refractivity contribution in [2.24, 2.45) is 0 Å². The zero-order valence-electron chi connectivity index (χ0n) is 17.4. The maximum Gasteiger partial charge on any atom is 0.293 e. The third-order valence-corrected chi connectivity index (χ3v) is 6.33. The number of benzene rings is 3. The largest absolute Gasteiger partial charge is 0.492 e. The molecule has 0 N–H and O–H groups in total. The summed E-state index contributed by atoms with van der Waals surface area (Å²) >= 11 is 12.9. The van der Waals surface area contributed by atoms with Gasteiger partial charge < -0.3 is 9.47 Å². The van der Waals surface area contributed by atoms with Crippen molar-refractivity contribution in [1.29, 1.82) is 0 Å². The summed E-state index contributed by atoms with van der Waals surface area (Å²) in [6, 6.07) is 21.7. The van der Waals surface area contributed by atoms with E-state index in [2.05, 4.69) is 0 Å². The van der Waals surface area contributed by atoms with Gasteiger partial charge in [-0.1, -0.05) is 53.5 Å². The number of carbonyl (C=O) groups is 2. The Bertz CT molecular complexity index is 1180. The molecule has 2 amide bonds. The van der Waals surface area contributed by atoms with Crippen molar-refractivity contribution in [2.75, 3.05) is 13.2 Å². The highest BCUT2D eigenvalue weighted by molar-refractivity contribution is 8.18. The molecule has 1 fully saturated rings. The Morgan fingerprint density at radius 1 is 0.848 bits per heavy atom. The summed E-state index contributed by atoms with van der Waals surface area (Å²) in [6.07, 6.45) is 1.70. The van der Waals surface area contributed by atoms with Crippen molar-refractivity contribution in [3.8, 4) is 11.5 Å². The summed E-state index contributed by atoms with van der Waals surface area (Å²) in [4.78, 5) is 26.5. The van der Waals surface area contributed by atoms with Crippen LogP contribution in [0.25, 0.3) is 6.08 Å². The number of hydrogen-bond donors (Lipinski definition) is 0. The van der Waals surface area contributed by atoms with Crippen LogP contribution in [0, 0.1) is 0 Å². The van der Waals surface area contributed by atoms with Gasteiger partial charge in [0.2, 0.25) is 0 Å². The van der Waals surface area contributed by atoms with Gasteiger partial charge in [0.05, 0.1) is 11.4 Å². The Kier molecular flexibility index (Phi) is 7.60. The van der Waals surface area contributed by atoms with E-state index in [9.17, 15) is 9.59 Å². The number of imide groups is 1. The number of ether oxygens (including phenoxy) is 2. The van der Waals surface area contributed by atoms with Crippen LogP contribution in [0.3, 0.4) is 0 Å². The molecule has 8 heteroatoms. The number of nitrogens with zero attached hydrogens (tertiary/aromatic N) is 1. The van der Waals surface area contributed by atoms with E-state index in [1.807, 2.05) is 48.5 Å². The van der Waals surface area contributed by atoms with Crippen LogP contribution in [0.5, 0.6) is 11.5 Å². The molecule has 3 aromatic rings. The smallest absolute Gasteiger partial charge is 0.293 e. The van der Waals surface area contributed by atoms with Crippen LogP contribution in [0.2, 0.25) is 10.0 Å². The Balaban J connectivity index is 1.32. The van der Waals surface area contributed by atoms with Crippen LogP contribution in [-0.2, 0) is 11.4 Å². The monoisotopic (exact) mass is 499 g/mol. The fraction of sp³-hybridized carbons (Fsp3) is 0.120. The van der Waals surface area contributed by atoms with E-state index < -0.39 is 0 Å². The van der Waals surface area contributed by atoms with Gasteiger partial charge in [0.15, 0.2) is 0 Å². The van der Waals surface area contributed by atoms with Crippen molar-refractivity contribution in [2.45, 2.75) is 6.61 Å². The molecule has 0 aromatic heterocycles. The molecule has 1 saturated heterocycles. The van der Waals surface area contributed by atoms with Crippen LogP contribution in [-0.4, -0.2) is 29.2 Å². The van der Waals surface area contributed by atoms with Crippen molar-refractivity contribution in [1.82, 2.24) is 4.90 Å². The van der Waals surface area contributed by atoms with Gasteiger partial charge in [-0.2, -0.15) is 0 Å². The van der Waals surface area contributed by atoms with E-state index >= 15 is 0 Å². The predicted octanol–water partition coefficient (Wildman–Crippen LogP) is 6.69. The lowest BCUT2D eigenvalue weighted by molar-refractivity contribution is -0.123. The number of hydrogen-bond acceptors (Lipinski definition) is 5. The molecule has 1 heterocycles. The minimum Gasteiger partial charge on any atom is -0.492 e. The summed E-state index contributed by atoms with van der Waals surface area (Å²) in [5, 5.41) is 0.952. The number of halogens is 2. The molecule has 5 nitrogen and oxygen atoms in total. The molecule has 0 spiro atoms. The molecule has 4 rings (SSSR count). The quantitative estimate of drug-likeness (QED) is 0.323. The third kappa shape index (κ3) is 6.11. The third-order valence-electron chi connectivity index (χ3n) is 4.80. The first-order valence-electron chi connectivity index (χ1n) is 10.1. The normalized spacial score (nSPS) is 14.7. The summed E-state index contributed by atoms with van der Waals surface area (Å²) in [7, 11) is 0. The van der Waals surface area contributed by atoms with Crippen LogP contribution in [0.15, 0.2) is 77.7 Å². The minimum absolute atomic E-state index is 0.166. The van der Waals surface area contributed by atoms with Crippen molar-refractivity contribution in [3.63, 3.8) is 0 Å². The summed E-state index contributed by atoms with van der Waals surface area (Å²) in [5.41, 5.74) is 1.69. The Labute approximate surface area is 205 Å². The molecule has 0 saturated carbocycles. The lowest BCUT2D eigenvalue weighted by Gasteiger charge is -2.13. The fourth-order valence-corrected chi connectivity index (χ4v) is 4.25. The lowest BCUT2D eigenvalue weighted by Crippen LogP contribution is -2.32. The Morgan fingerprint density at radius 3 is 2.24 bits per heavy atom. The molecular formula is C25H19Cl2NO4S. The second-order valence-electron chi connectivity index (χ2n) is 7.08. The SMILES string of the molecule is O=C1S/C(=C\c2ccc(OCc3ccccc3Cl)cc2)C(=O)N1CCOc1ccc(Cl)cc1. The van der Waals surface area contributed by atoms with Crippen LogP contribution in [0.1, 0.15) is 11.1 Å². The fourth-order valence-electron chi connectivity index (χ4n) is 3.07. The number of rotatable bonds is 8. The van der Waals surface area contributed by atoms with Gasteiger partial charge in [-0.3, -0.25) is 14.5 Å². The van der Waals surface area contributed by atoms with Gasteiger partial charge in [-0.15, -0.1) is 0 Å². The molecule has 0 bridgehead atoms. The van der Waals surface area contributed by atoms with E-state index in [0.29, 0.717) is 33.1 Å². The molecular weight excluding hydrogens is 481 g/mol. The zero-order chi connectivity index (χ0) is 23.2. The zero-order valence-corrected chi connectivity index (χ0v) is 19.7. The van der Waals surface area contributed by atoms with Crippen molar-refractivity contribution >= 4 is 52.2 Å². The minimum atomic E-state index is -0.330. The molecule has 1 aliphatic rings. The first-order valence-corrected chi connectivity index (χ1v) is 11.7. The molecule has 0 radical (unpaired) electrons. The summed E-state index contributed by atoms with van der Waals surface area (Å²) in [6.45, 7) is 0.722. The molecule has 33 heavy (non-hydrogen) atoms. The van der Waals surface area contributed by atoms with Crippen molar-refractivity contribution in [3.05, 3.63) is 98.9 Å². The van der Waals surface area contributed by atoms with Crippen LogP contribution >= 0.6 is 35.0 Å². The standard InChI is InChI=1S/C25H19Cl2NO4S/c26-19-7-11-20(12-8-19)31-14-13-28-24(29)23(33-25(28)30)15-17-5-9-21(10-6-17)32-16-18-3-1-2-4-22(18)27/h1-12,15H,13-14,16H2/b23-15-. The number of carbonyl (C=O) groups excluding carboxylic acids is 2. The topological polar surface area (TPSA) is 55.8 Å².